The summed E-state index contributed by atoms with van der Waals surface area (Å²) in [6, 6.07) is 1.67. The highest BCUT2D eigenvalue weighted by Gasteiger charge is 2.46. The zero-order valence-corrected chi connectivity index (χ0v) is 9.48. The standard InChI is InChI=1S/C10H13N3O2S/c14-8-4-6-3-7(8)13(5-6)10(15)12-9-1-2-11-16-9/h1-2,6-8,14H,3-5H2,(H,12,15)/t6-,7+,8+/m0/s1. The van der Waals surface area contributed by atoms with Crippen LogP contribution in [0.1, 0.15) is 12.8 Å². The van der Waals surface area contributed by atoms with E-state index in [0.29, 0.717) is 5.92 Å². The molecule has 2 fully saturated rings. The molecule has 2 amide bonds. The summed E-state index contributed by atoms with van der Waals surface area (Å²) in [5.41, 5.74) is 0. The summed E-state index contributed by atoms with van der Waals surface area (Å²) in [4.78, 5) is 13.7. The van der Waals surface area contributed by atoms with E-state index in [-0.39, 0.29) is 18.2 Å². The van der Waals surface area contributed by atoms with Crippen molar-refractivity contribution in [3.05, 3.63) is 12.3 Å². The van der Waals surface area contributed by atoms with Gasteiger partial charge in [-0.1, -0.05) is 0 Å². The number of aromatic nitrogens is 1. The Morgan fingerprint density at radius 2 is 2.50 bits per heavy atom. The first kappa shape index (κ1) is 10.0. The summed E-state index contributed by atoms with van der Waals surface area (Å²) in [5, 5.41) is 13.3. The lowest BCUT2D eigenvalue weighted by atomic mass is 10.1. The van der Waals surface area contributed by atoms with Crippen molar-refractivity contribution in [3.8, 4) is 0 Å². The van der Waals surface area contributed by atoms with Gasteiger partial charge in [0.1, 0.15) is 5.00 Å². The molecular weight excluding hydrogens is 226 g/mol. The van der Waals surface area contributed by atoms with Crippen molar-refractivity contribution in [2.24, 2.45) is 5.92 Å². The zero-order valence-electron chi connectivity index (χ0n) is 8.67. The molecule has 1 saturated heterocycles. The van der Waals surface area contributed by atoms with E-state index in [4.69, 9.17) is 0 Å². The molecule has 86 valence electrons. The number of aliphatic hydroxyl groups excluding tert-OH is 1. The fourth-order valence-corrected chi connectivity index (χ4v) is 3.17. The Balaban J connectivity index is 1.68. The number of fused-ring (bicyclic) bond motifs is 2. The van der Waals surface area contributed by atoms with E-state index < -0.39 is 0 Å². The molecule has 1 aliphatic carbocycles. The molecule has 0 aromatic carbocycles. The molecule has 1 aliphatic heterocycles. The Morgan fingerprint density at radius 3 is 3.12 bits per heavy atom. The Labute approximate surface area is 97.2 Å². The topological polar surface area (TPSA) is 65.5 Å². The number of piperidine rings is 1. The minimum Gasteiger partial charge on any atom is -0.391 e. The van der Waals surface area contributed by atoms with Crippen LogP contribution in [0.4, 0.5) is 9.80 Å². The molecule has 3 atom stereocenters. The van der Waals surface area contributed by atoms with Crippen molar-refractivity contribution >= 4 is 22.6 Å². The molecule has 2 aliphatic rings. The largest absolute Gasteiger partial charge is 0.391 e. The molecule has 16 heavy (non-hydrogen) atoms. The summed E-state index contributed by atoms with van der Waals surface area (Å²) in [6.45, 7) is 0.770. The molecule has 0 spiro atoms. The Kier molecular flexibility index (Phi) is 2.33. The van der Waals surface area contributed by atoms with Gasteiger partial charge in [0.2, 0.25) is 0 Å². The van der Waals surface area contributed by atoms with Crippen molar-refractivity contribution in [1.82, 2.24) is 9.27 Å². The SMILES string of the molecule is O=C(Nc1ccns1)N1C[C@@H]2C[C@@H](O)[C@H]1C2. The third kappa shape index (κ3) is 1.58. The van der Waals surface area contributed by atoms with Gasteiger partial charge in [0, 0.05) is 12.7 Å². The number of aliphatic hydroxyl groups is 1. The van der Waals surface area contributed by atoms with E-state index in [1.165, 1.54) is 11.5 Å². The van der Waals surface area contributed by atoms with Crippen molar-refractivity contribution in [3.63, 3.8) is 0 Å². The first-order valence-electron chi connectivity index (χ1n) is 5.40. The minimum atomic E-state index is -0.342. The predicted octanol–water partition coefficient (Wildman–Crippen LogP) is 1.13. The summed E-state index contributed by atoms with van der Waals surface area (Å²) >= 11 is 1.26. The van der Waals surface area contributed by atoms with Gasteiger partial charge in [0.05, 0.1) is 12.1 Å². The molecule has 1 aromatic heterocycles. The van der Waals surface area contributed by atoms with Gasteiger partial charge in [-0.15, -0.1) is 0 Å². The van der Waals surface area contributed by atoms with Crippen molar-refractivity contribution in [2.45, 2.75) is 25.0 Å². The van der Waals surface area contributed by atoms with Crippen LogP contribution < -0.4 is 5.32 Å². The molecule has 5 nitrogen and oxygen atoms in total. The van der Waals surface area contributed by atoms with Gasteiger partial charge in [-0.05, 0) is 36.4 Å². The maximum absolute atomic E-state index is 11.9. The number of urea groups is 1. The highest BCUT2D eigenvalue weighted by Crippen LogP contribution is 2.37. The lowest BCUT2D eigenvalue weighted by molar-refractivity contribution is 0.0766. The Hall–Kier alpha value is -1.14. The maximum atomic E-state index is 11.9. The van der Waals surface area contributed by atoms with Crippen LogP contribution in [-0.4, -0.2) is 39.1 Å². The maximum Gasteiger partial charge on any atom is 0.322 e. The van der Waals surface area contributed by atoms with Gasteiger partial charge in [0.15, 0.2) is 0 Å². The number of amides is 2. The van der Waals surface area contributed by atoms with E-state index in [0.717, 1.165) is 24.4 Å². The number of carbonyl (C=O) groups is 1. The van der Waals surface area contributed by atoms with Gasteiger partial charge in [-0.2, -0.15) is 4.37 Å². The Morgan fingerprint density at radius 1 is 1.62 bits per heavy atom. The average Bonchev–Trinajstić information content (AvgIpc) is 2.91. The molecule has 0 radical (unpaired) electrons. The second-order valence-corrected chi connectivity index (χ2v) is 5.26. The van der Waals surface area contributed by atoms with Crippen LogP contribution in [0.5, 0.6) is 0 Å². The van der Waals surface area contributed by atoms with Crippen LogP contribution in [0, 0.1) is 5.92 Å². The monoisotopic (exact) mass is 239 g/mol. The first-order chi connectivity index (χ1) is 7.74. The number of nitrogens with one attached hydrogen (secondary N) is 1. The van der Waals surface area contributed by atoms with E-state index in [1.807, 2.05) is 0 Å². The lowest BCUT2D eigenvalue weighted by Gasteiger charge is -2.30. The van der Waals surface area contributed by atoms with Gasteiger partial charge >= 0.3 is 6.03 Å². The minimum absolute atomic E-state index is 0.0120. The van der Waals surface area contributed by atoms with Crippen molar-refractivity contribution < 1.29 is 9.90 Å². The van der Waals surface area contributed by atoms with E-state index >= 15 is 0 Å². The molecule has 2 bridgehead atoms. The third-order valence-corrected chi connectivity index (χ3v) is 4.04. The van der Waals surface area contributed by atoms with Gasteiger partial charge in [0.25, 0.3) is 0 Å². The van der Waals surface area contributed by atoms with Gasteiger partial charge < -0.3 is 10.0 Å². The molecule has 1 saturated carbocycles. The van der Waals surface area contributed by atoms with Crippen LogP contribution in [0.2, 0.25) is 0 Å². The number of nitrogens with zero attached hydrogens (tertiary/aromatic N) is 2. The second kappa shape index (κ2) is 3.71. The first-order valence-corrected chi connectivity index (χ1v) is 6.18. The molecule has 6 heteroatoms. The summed E-state index contributed by atoms with van der Waals surface area (Å²) in [6.07, 6.45) is 3.10. The molecule has 1 aromatic rings. The van der Waals surface area contributed by atoms with Crippen molar-refractivity contribution in [1.29, 1.82) is 0 Å². The molecule has 0 unspecified atom stereocenters. The number of likely N-dealkylation sites (tertiary alicyclic amines) is 1. The molecule has 2 heterocycles. The van der Waals surface area contributed by atoms with Crippen molar-refractivity contribution in [2.75, 3.05) is 11.9 Å². The van der Waals surface area contributed by atoms with Crippen LogP contribution >= 0.6 is 11.5 Å². The number of anilines is 1. The van der Waals surface area contributed by atoms with Crippen LogP contribution in [0.15, 0.2) is 12.3 Å². The average molecular weight is 239 g/mol. The van der Waals surface area contributed by atoms with Gasteiger partial charge in [-0.3, -0.25) is 5.32 Å². The summed E-state index contributed by atoms with van der Waals surface area (Å²) in [5.74, 6) is 0.479. The lowest BCUT2D eigenvalue weighted by Crippen LogP contribution is -2.46. The highest BCUT2D eigenvalue weighted by molar-refractivity contribution is 7.10. The fraction of sp³-hybridized carbons (Fsp3) is 0.600. The van der Waals surface area contributed by atoms with Crippen LogP contribution in [0.3, 0.4) is 0 Å². The number of hydrogen-bond acceptors (Lipinski definition) is 4. The Bertz CT molecular complexity index is 395. The van der Waals surface area contributed by atoms with Crippen LogP contribution in [-0.2, 0) is 0 Å². The van der Waals surface area contributed by atoms with E-state index in [9.17, 15) is 9.90 Å². The third-order valence-electron chi connectivity index (χ3n) is 3.38. The smallest absolute Gasteiger partial charge is 0.322 e. The molecular formula is C10H13N3O2S. The zero-order chi connectivity index (χ0) is 11.1. The number of hydrogen-bond donors (Lipinski definition) is 2. The molecule has 2 N–H and O–H groups in total. The van der Waals surface area contributed by atoms with Crippen LogP contribution in [0.25, 0.3) is 0 Å². The molecule has 3 rings (SSSR count). The van der Waals surface area contributed by atoms with E-state index in [1.54, 1.807) is 17.2 Å². The normalized spacial score (nSPS) is 32.1. The number of rotatable bonds is 1. The second-order valence-electron chi connectivity index (χ2n) is 4.43. The van der Waals surface area contributed by atoms with E-state index in [2.05, 4.69) is 9.69 Å². The fourth-order valence-electron chi connectivity index (χ4n) is 2.68. The predicted molar refractivity (Wildman–Crippen MR) is 60.4 cm³/mol. The number of carbonyl (C=O) groups excluding carboxylic acids is 1. The summed E-state index contributed by atoms with van der Waals surface area (Å²) < 4.78 is 3.92. The summed E-state index contributed by atoms with van der Waals surface area (Å²) in [7, 11) is 0. The highest BCUT2D eigenvalue weighted by atomic mass is 32.1. The van der Waals surface area contributed by atoms with Gasteiger partial charge in [-0.25, -0.2) is 4.79 Å². The quantitative estimate of drug-likeness (QED) is 0.772.